The van der Waals surface area contributed by atoms with E-state index in [9.17, 15) is 27.6 Å². The average molecular weight is 526 g/mol. The molecule has 0 saturated heterocycles. The third-order valence-corrected chi connectivity index (χ3v) is 7.93. The quantitative estimate of drug-likeness (QED) is 0.501. The second-order valence-corrected chi connectivity index (χ2v) is 11.2. The Balaban J connectivity index is 1.82. The molecule has 1 aromatic carbocycles. The molecule has 1 heterocycles. The number of rotatable bonds is 8. The molecule has 190 valence electrons. The van der Waals surface area contributed by atoms with E-state index in [-0.39, 0.29) is 23.0 Å². The van der Waals surface area contributed by atoms with Crippen molar-refractivity contribution >= 4 is 55.1 Å². The number of carbonyl (C=O) groups is 4. The number of methoxy groups -OCH3 is 2. The Morgan fingerprint density at radius 3 is 2.46 bits per heavy atom. The molecule has 2 aromatic rings. The molecule has 0 radical (unpaired) electrons. The summed E-state index contributed by atoms with van der Waals surface area (Å²) >= 11 is 0.996. The van der Waals surface area contributed by atoms with E-state index >= 15 is 0 Å². The number of ether oxygens (including phenoxy) is 2. The lowest BCUT2D eigenvalue weighted by Crippen LogP contribution is -2.40. The van der Waals surface area contributed by atoms with Crippen LogP contribution in [0.25, 0.3) is 10.2 Å². The normalized spacial score (nSPS) is 15.1. The first-order valence-corrected chi connectivity index (χ1v) is 13.6. The van der Waals surface area contributed by atoms with Crippen molar-refractivity contribution in [2.24, 2.45) is 4.99 Å². The van der Waals surface area contributed by atoms with Crippen LogP contribution in [0.3, 0.4) is 0 Å². The van der Waals surface area contributed by atoms with Crippen molar-refractivity contribution in [1.82, 2.24) is 9.88 Å². The molecule has 1 saturated carbocycles. The summed E-state index contributed by atoms with van der Waals surface area (Å²) in [6.45, 7) is -0.281. The lowest BCUT2D eigenvalue weighted by Gasteiger charge is -2.22. The number of hydrogen-bond acceptors (Lipinski definition) is 9. The van der Waals surface area contributed by atoms with Crippen molar-refractivity contribution in [1.29, 1.82) is 0 Å². The highest BCUT2D eigenvalue weighted by molar-refractivity contribution is 7.92. The van der Waals surface area contributed by atoms with Gasteiger partial charge in [-0.2, -0.15) is 4.99 Å². The maximum absolute atomic E-state index is 12.5. The number of benzene rings is 1. The first kappa shape index (κ1) is 26.5. The number of aromatic nitrogens is 1. The van der Waals surface area contributed by atoms with Crippen LogP contribution >= 0.6 is 11.3 Å². The molecule has 35 heavy (non-hydrogen) atoms. The predicted octanol–water partition coefficient (Wildman–Crippen LogP) is 0.953. The fourth-order valence-corrected chi connectivity index (χ4v) is 5.96. The van der Waals surface area contributed by atoms with Crippen molar-refractivity contribution in [2.45, 2.75) is 44.7 Å². The van der Waals surface area contributed by atoms with E-state index in [1.807, 2.05) is 0 Å². The van der Waals surface area contributed by atoms with Gasteiger partial charge in [-0.05, 0) is 31.0 Å². The zero-order valence-electron chi connectivity index (χ0n) is 19.4. The van der Waals surface area contributed by atoms with E-state index in [4.69, 9.17) is 9.47 Å². The van der Waals surface area contributed by atoms with Gasteiger partial charge in [0.2, 0.25) is 5.91 Å². The first-order chi connectivity index (χ1) is 16.6. The molecule has 1 fully saturated rings. The van der Waals surface area contributed by atoms with Gasteiger partial charge in [-0.15, -0.1) is 0 Å². The highest BCUT2D eigenvalue weighted by Gasteiger charge is 2.24. The average Bonchev–Trinajstić information content (AvgIpc) is 3.13. The van der Waals surface area contributed by atoms with E-state index in [1.165, 1.54) is 30.9 Å². The van der Waals surface area contributed by atoms with Crippen LogP contribution in [0.5, 0.6) is 0 Å². The second-order valence-electron chi connectivity index (χ2n) is 8.16. The second kappa shape index (κ2) is 11.6. The lowest BCUT2D eigenvalue weighted by molar-refractivity contribution is -0.141. The molecule has 1 aliphatic carbocycles. The van der Waals surface area contributed by atoms with Gasteiger partial charge in [0.05, 0.1) is 30.0 Å². The van der Waals surface area contributed by atoms with Gasteiger partial charge in [0.25, 0.3) is 5.91 Å². The van der Waals surface area contributed by atoms with E-state index < -0.39 is 45.1 Å². The molecule has 3 rings (SSSR count). The standard InChI is InChI=1S/C22H27N3O8S2/c1-32-20(28)11-25-16-9-8-14(21(29)33-2)10-17(16)34-22(25)24-19(27)13-35(30,31)12-18(26)23-15-6-4-3-5-7-15/h8-10,15H,3-7,11-13H2,1-2H3,(H,23,26). The summed E-state index contributed by atoms with van der Waals surface area (Å²) < 4.78 is 36.2. The van der Waals surface area contributed by atoms with Gasteiger partial charge in [-0.25, -0.2) is 13.2 Å². The van der Waals surface area contributed by atoms with Crippen LogP contribution in [0.2, 0.25) is 0 Å². The minimum absolute atomic E-state index is 0.0439. The summed E-state index contributed by atoms with van der Waals surface area (Å²) in [6, 6.07) is 4.54. The fraction of sp³-hybridized carbons (Fsp3) is 0.500. The maximum atomic E-state index is 12.5. The van der Waals surface area contributed by atoms with Crippen molar-refractivity contribution in [2.75, 3.05) is 25.7 Å². The highest BCUT2D eigenvalue weighted by atomic mass is 32.2. The van der Waals surface area contributed by atoms with Crippen LogP contribution < -0.4 is 10.1 Å². The Kier molecular flexibility index (Phi) is 8.78. The number of thiazole rings is 1. The molecule has 13 heteroatoms. The summed E-state index contributed by atoms with van der Waals surface area (Å²) in [5.74, 6) is -4.54. The van der Waals surface area contributed by atoms with Crippen molar-refractivity contribution in [3.05, 3.63) is 28.6 Å². The number of nitrogens with one attached hydrogen (secondary N) is 1. The van der Waals surface area contributed by atoms with E-state index in [1.54, 1.807) is 6.07 Å². The van der Waals surface area contributed by atoms with Gasteiger partial charge in [0.1, 0.15) is 18.1 Å². The van der Waals surface area contributed by atoms with Gasteiger partial charge >= 0.3 is 11.9 Å². The van der Waals surface area contributed by atoms with Gasteiger partial charge in [0, 0.05) is 6.04 Å². The molecule has 0 bridgehead atoms. The summed E-state index contributed by atoms with van der Waals surface area (Å²) in [7, 11) is -1.60. The topological polar surface area (TPSA) is 150 Å². The van der Waals surface area contributed by atoms with Gasteiger partial charge in [0.15, 0.2) is 14.6 Å². The van der Waals surface area contributed by atoms with Gasteiger partial charge in [-0.1, -0.05) is 30.6 Å². The number of carbonyl (C=O) groups excluding carboxylic acids is 4. The van der Waals surface area contributed by atoms with Crippen LogP contribution in [-0.2, 0) is 40.2 Å². The molecule has 1 aliphatic rings. The smallest absolute Gasteiger partial charge is 0.337 e. The predicted molar refractivity (Wildman–Crippen MR) is 127 cm³/mol. The first-order valence-electron chi connectivity index (χ1n) is 11.0. The van der Waals surface area contributed by atoms with Crippen LogP contribution in [0.15, 0.2) is 23.2 Å². The molecule has 0 spiro atoms. The molecule has 11 nitrogen and oxygen atoms in total. The maximum Gasteiger partial charge on any atom is 0.337 e. The highest BCUT2D eigenvalue weighted by Crippen LogP contribution is 2.20. The minimum atomic E-state index is -4.06. The van der Waals surface area contributed by atoms with E-state index in [0.717, 1.165) is 43.4 Å². The van der Waals surface area contributed by atoms with Crippen molar-refractivity contribution in [3.63, 3.8) is 0 Å². The number of fused-ring (bicyclic) bond motifs is 1. The van der Waals surface area contributed by atoms with Crippen LogP contribution in [0.4, 0.5) is 0 Å². The molecular weight excluding hydrogens is 498 g/mol. The number of sulfone groups is 1. The molecule has 1 N–H and O–H groups in total. The lowest BCUT2D eigenvalue weighted by atomic mass is 9.95. The molecule has 2 amide bonds. The number of amides is 2. The van der Waals surface area contributed by atoms with E-state index in [0.29, 0.717) is 10.2 Å². The number of nitrogens with zero attached hydrogens (tertiary/aromatic N) is 2. The zero-order chi connectivity index (χ0) is 25.6. The minimum Gasteiger partial charge on any atom is -0.468 e. The fourth-order valence-electron chi connectivity index (χ4n) is 3.84. The molecule has 0 atom stereocenters. The SMILES string of the molecule is COC(=O)Cn1c(=NC(=O)CS(=O)(=O)CC(=O)NC2CCCCC2)sc2cc(C(=O)OC)ccc21. The number of hydrogen-bond donors (Lipinski definition) is 1. The zero-order valence-corrected chi connectivity index (χ0v) is 21.1. The Morgan fingerprint density at radius 1 is 1.09 bits per heavy atom. The van der Waals surface area contributed by atoms with Crippen molar-refractivity contribution in [3.8, 4) is 0 Å². The third-order valence-electron chi connectivity index (χ3n) is 5.50. The Morgan fingerprint density at radius 2 is 1.80 bits per heavy atom. The van der Waals surface area contributed by atoms with Crippen LogP contribution in [0.1, 0.15) is 42.5 Å². The molecule has 1 aromatic heterocycles. The summed E-state index contributed by atoms with van der Waals surface area (Å²) in [5.41, 5.74) is 0.755. The summed E-state index contributed by atoms with van der Waals surface area (Å²) in [4.78, 5) is 52.4. The largest absolute Gasteiger partial charge is 0.468 e. The van der Waals surface area contributed by atoms with Crippen LogP contribution in [-0.4, -0.2) is 68.5 Å². The Labute approximate surface area is 206 Å². The Hall–Kier alpha value is -3.06. The molecule has 0 aliphatic heterocycles. The Bertz CT molecular complexity index is 1300. The third kappa shape index (κ3) is 7.21. The molecular formula is C22H27N3O8S2. The summed E-state index contributed by atoms with van der Waals surface area (Å²) in [6.07, 6.45) is 4.68. The van der Waals surface area contributed by atoms with E-state index in [2.05, 4.69) is 10.3 Å². The number of esters is 2. The summed E-state index contributed by atoms with van der Waals surface area (Å²) in [5, 5.41) is 2.72. The monoisotopic (exact) mass is 525 g/mol. The van der Waals surface area contributed by atoms with Crippen LogP contribution in [0, 0.1) is 0 Å². The van der Waals surface area contributed by atoms with Crippen molar-refractivity contribution < 1.29 is 37.1 Å². The van der Waals surface area contributed by atoms with Gasteiger partial charge in [-0.3, -0.25) is 14.4 Å². The van der Waals surface area contributed by atoms with Gasteiger partial charge < -0.3 is 19.4 Å². The molecule has 0 unspecified atom stereocenters.